The van der Waals surface area contributed by atoms with E-state index in [0.29, 0.717) is 0 Å². The van der Waals surface area contributed by atoms with Gasteiger partial charge in [0.15, 0.2) is 9.84 Å². The van der Waals surface area contributed by atoms with Crippen molar-refractivity contribution in [2.45, 2.75) is 37.7 Å². The third-order valence-electron chi connectivity index (χ3n) is 6.01. The van der Waals surface area contributed by atoms with Gasteiger partial charge in [-0.3, -0.25) is 0 Å². The summed E-state index contributed by atoms with van der Waals surface area (Å²) in [6.45, 7) is 6.62. The van der Waals surface area contributed by atoms with Crippen molar-refractivity contribution >= 4 is 44.5 Å². The Labute approximate surface area is 194 Å². The molecule has 4 rings (SSSR count). The zero-order valence-corrected chi connectivity index (χ0v) is 21.4. The smallest absolute Gasteiger partial charge is 0.261 e. The Hall–Kier alpha value is -1.73. The number of hydrogen-bond acceptors (Lipinski definition) is 3. The van der Waals surface area contributed by atoms with Gasteiger partial charge in [0.2, 0.25) is 0 Å². The van der Waals surface area contributed by atoms with Crippen molar-refractivity contribution in [1.82, 2.24) is 0 Å². The standard InChI is InChI=1S/C25H27BrO3SSi/c1-25(2,3)31(19-11-6-4-7-12-19,20-13-8-5-9-14-20)29-24-18-30(27,28)17-22-21(24)15-10-16-23(22)26/h4-16,24H,17-18H2,1-3H3. The van der Waals surface area contributed by atoms with Crippen molar-refractivity contribution in [3.8, 4) is 0 Å². The second kappa shape index (κ2) is 8.32. The average molecular weight is 516 g/mol. The molecule has 0 aliphatic carbocycles. The highest BCUT2D eigenvalue weighted by Crippen LogP contribution is 2.43. The molecule has 3 aromatic rings. The summed E-state index contributed by atoms with van der Waals surface area (Å²) in [6, 6.07) is 26.6. The van der Waals surface area contributed by atoms with E-state index in [1.54, 1.807) is 0 Å². The van der Waals surface area contributed by atoms with E-state index in [0.717, 1.165) is 26.0 Å². The number of benzene rings is 3. The highest BCUT2D eigenvalue weighted by Gasteiger charge is 2.52. The first-order chi connectivity index (χ1) is 14.6. The lowest BCUT2D eigenvalue weighted by molar-refractivity contribution is 0.210. The zero-order chi connectivity index (χ0) is 22.3. The number of sulfone groups is 1. The highest BCUT2D eigenvalue weighted by atomic mass is 79.9. The third-order valence-corrected chi connectivity index (χ3v) is 13.3. The predicted octanol–water partition coefficient (Wildman–Crippen LogP) is 5.00. The van der Waals surface area contributed by atoms with Crippen LogP contribution in [-0.4, -0.2) is 22.5 Å². The second-order valence-electron chi connectivity index (χ2n) is 9.13. The molecule has 1 atom stereocenters. The maximum absolute atomic E-state index is 12.9. The molecule has 0 saturated heterocycles. The summed E-state index contributed by atoms with van der Waals surface area (Å²) < 4.78 is 33.8. The number of fused-ring (bicyclic) bond motifs is 1. The van der Waals surface area contributed by atoms with Crippen molar-refractivity contribution < 1.29 is 12.8 Å². The molecule has 6 heteroatoms. The molecule has 0 amide bonds. The Bertz CT molecular complexity index is 1130. The summed E-state index contributed by atoms with van der Waals surface area (Å²) in [5, 5.41) is 2.07. The fraction of sp³-hybridized carbons (Fsp3) is 0.280. The first-order valence-electron chi connectivity index (χ1n) is 10.4. The fourth-order valence-corrected chi connectivity index (χ4v) is 11.7. The van der Waals surface area contributed by atoms with Gasteiger partial charge in [0.25, 0.3) is 8.32 Å². The molecule has 1 aliphatic heterocycles. The summed E-state index contributed by atoms with van der Waals surface area (Å²) in [7, 11) is -6.15. The van der Waals surface area contributed by atoms with Crippen molar-refractivity contribution in [2.75, 3.05) is 5.75 Å². The molecule has 0 bridgehead atoms. The summed E-state index contributed by atoms with van der Waals surface area (Å²) in [6.07, 6.45) is -0.516. The van der Waals surface area contributed by atoms with Gasteiger partial charge >= 0.3 is 0 Å². The molecule has 1 heterocycles. The van der Waals surface area contributed by atoms with E-state index in [-0.39, 0.29) is 16.5 Å². The number of rotatable bonds is 4. The lowest BCUT2D eigenvalue weighted by Gasteiger charge is -2.46. The molecule has 31 heavy (non-hydrogen) atoms. The van der Waals surface area contributed by atoms with Gasteiger partial charge in [-0.2, -0.15) is 0 Å². The van der Waals surface area contributed by atoms with Gasteiger partial charge in [-0.15, -0.1) is 0 Å². The monoisotopic (exact) mass is 514 g/mol. The highest BCUT2D eigenvalue weighted by molar-refractivity contribution is 9.10. The number of halogens is 1. The van der Waals surface area contributed by atoms with Gasteiger partial charge in [-0.05, 0) is 32.6 Å². The van der Waals surface area contributed by atoms with E-state index in [1.807, 2.05) is 54.6 Å². The molecule has 0 radical (unpaired) electrons. The van der Waals surface area contributed by atoms with Gasteiger partial charge in [0.1, 0.15) is 0 Å². The molecule has 1 unspecified atom stereocenters. The predicted molar refractivity (Wildman–Crippen MR) is 133 cm³/mol. The summed E-state index contributed by atoms with van der Waals surface area (Å²) in [5.41, 5.74) is 1.79. The van der Waals surface area contributed by atoms with Crippen molar-refractivity contribution in [3.63, 3.8) is 0 Å². The van der Waals surface area contributed by atoms with E-state index in [4.69, 9.17) is 4.43 Å². The molecule has 0 aromatic heterocycles. The number of hydrogen-bond donors (Lipinski definition) is 0. The van der Waals surface area contributed by atoms with Crippen LogP contribution in [0.4, 0.5) is 0 Å². The van der Waals surface area contributed by atoms with Gasteiger partial charge < -0.3 is 4.43 Å². The van der Waals surface area contributed by atoms with Crippen LogP contribution in [-0.2, 0) is 20.0 Å². The molecular formula is C25H27BrO3SSi. The topological polar surface area (TPSA) is 43.4 Å². The minimum atomic E-state index is -3.28. The van der Waals surface area contributed by atoms with Crippen molar-refractivity contribution in [3.05, 3.63) is 94.5 Å². The minimum absolute atomic E-state index is 0.000943. The quantitative estimate of drug-likeness (QED) is 0.460. The summed E-state index contributed by atoms with van der Waals surface area (Å²) >= 11 is 3.56. The Morgan fingerprint density at radius 3 is 1.94 bits per heavy atom. The van der Waals surface area contributed by atoms with Gasteiger partial charge in [0.05, 0.1) is 17.6 Å². The zero-order valence-electron chi connectivity index (χ0n) is 18.0. The average Bonchev–Trinajstić information content (AvgIpc) is 2.72. The summed E-state index contributed by atoms with van der Waals surface area (Å²) in [4.78, 5) is 0. The third kappa shape index (κ3) is 4.18. The van der Waals surface area contributed by atoms with Crippen LogP contribution < -0.4 is 10.4 Å². The first-order valence-corrected chi connectivity index (χ1v) is 14.9. The van der Waals surface area contributed by atoms with Crippen LogP contribution in [0.2, 0.25) is 5.04 Å². The van der Waals surface area contributed by atoms with E-state index in [9.17, 15) is 8.42 Å². The molecule has 1 aliphatic rings. The van der Waals surface area contributed by atoms with Gasteiger partial charge in [-0.25, -0.2) is 8.42 Å². The fourth-order valence-electron chi connectivity index (χ4n) is 4.63. The van der Waals surface area contributed by atoms with Crippen molar-refractivity contribution in [1.29, 1.82) is 0 Å². The molecule has 0 spiro atoms. The van der Waals surface area contributed by atoms with Crippen LogP contribution in [0.15, 0.2) is 83.3 Å². The molecule has 0 fully saturated rings. The Morgan fingerprint density at radius 2 is 1.42 bits per heavy atom. The van der Waals surface area contributed by atoms with E-state index in [2.05, 4.69) is 61.0 Å². The minimum Gasteiger partial charge on any atom is -0.399 e. The first kappa shape index (κ1) is 22.5. The van der Waals surface area contributed by atoms with Gasteiger partial charge in [0, 0.05) is 4.47 Å². The lowest BCUT2D eigenvalue weighted by atomic mass is 10.0. The lowest BCUT2D eigenvalue weighted by Crippen LogP contribution is -2.67. The van der Waals surface area contributed by atoms with Crippen LogP contribution in [0.5, 0.6) is 0 Å². The van der Waals surface area contributed by atoms with Gasteiger partial charge in [-0.1, -0.05) is 109 Å². The van der Waals surface area contributed by atoms with Crippen LogP contribution >= 0.6 is 15.9 Å². The largest absolute Gasteiger partial charge is 0.399 e. The molecule has 3 aromatic carbocycles. The van der Waals surface area contributed by atoms with Crippen molar-refractivity contribution in [2.24, 2.45) is 0 Å². The van der Waals surface area contributed by atoms with E-state index >= 15 is 0 Å². The van der Waals surface area contributed by atoms with Crippen LogP contribution in [0, 0.1) is 0 Å². The van der Waals surface area contributed by atoms with Crippen LogP contribution in [0.25, 0.3) is 0 Å². The molecule has 3 nitrogen and oxygen atoms in total. The second-order valence-corrected chi connectivity index (χ2v) is 16.3. The SMILES string of the molecule is CC(C)(C)[Si](OC1CS(=O)(=O)Cc2c(Br)cccc21)(c1ccccc1)c1ccccc1. The maximum Gasteiger partial charge on any atom is 0.261 e. The maximum atomic E-state index is 12.9. The molecular weight excluding hydrogens is 488 g/mol. The van der Waals surface area contributed by atoms with Crippen LogP contribution in [0.3, 0.4) is 0 Å². The van der Waals surface area contributed by atoms with E-state index in [1.165, 1.54) is 0 Å². The Balaban J connectivity index is 1.96. The summed E-state index contributed by atoms with van der Waals surface area (Å²) in [5.74, 6) is 0.0469. The molecule has 0 N–H and O–H groups in total. The van der Waals surface area contributed by atoms with E-state index < -0.39 is 24.3 Å². The Morgan fingerprint density at radius 1 is 0.871 bits per heavy atom. The molecule has 0 saturated carbocycles. The Kier molecular flexibility index (Phi) is 6.03. The molecule has 162 valence electrons. The normalized spacial score (nSPS) is 18.4. The van der Waals surface area contributed by atoms with Crippen LogP contribution in [0.1, 0.15) is 38.0 Å².